The van der Waals surface area contributed by atoms with E-state index in [0.717, 1.165) is 11.2 Å². The Morgan fingerprint density at radius 3 is 2.44 bits per heavy atom. The van der Waals surface area contributed by atoms with Crippen molar-refractivity contribution in [3.63, 3.8) is 0 Å². The summed E-state index contributed by atoms with van der Waals surface area (Å²) in [6.45, 7) is -0.199. The quantitative estimate of drug-likeness (QED) is 0.576. The van der Waals surface area contributed by atoms with Crippen molar-refractivity contribution in [2.24, 2.45) is 0 Å². The van der Waals surface area contributed by atoms with Gasteiger partial charge in [-0.3, -0.25) is 4.79 Å². The third kappa shape index (κ3) is 8.76. The molecule has 0 saturated carbocycles. The van der Waals surface area contributed by atoms with Crippen LogP contribution in [-0.4, -0.2) is 75.8 Å². The van der Waals surface area contributed by atoms with Gasteiger partial charge in [0.2, 0.25) is 0 Å². The highest BCUT2D eigenvalue weighted by Crippen LogP contribution is 1.91. The van der Waals surface area contributed by atoms with Gasteiger partial charge in [0.1, 0.15) is 16.4 Å². The zero-order valence-electron chi connectivity index (χ0n) is 10.4. The van der Waals surface area contributed by atoms with Gasteiger partial charge >= 0.3 is 12.0 Å². The van der Waals surface area contributed by atoms with Crippen LogP contribution in [0.5, 0.6) is 0 Å². The van der Waals surface area contributed by atoms with Gasteiger partial charge in [-0.1, -0.05) is 0 Å². The summed E-state index contributed by atoms with van der Waals surface area (Å²) in [4.78, 5) is 23.2. The molecule has 0 rings (SSSR count). The molecule has 2 amide bonds. The van der Waals surface area contributed by atoms with Crippen LogP contribution in [0.15, 0.2) is 0 Å². The molecule has 0 atom stereocenters. The Morgan fingerprint density at radius 1 is 1.39 bits per heavy atom. The van der Waals surface area contributed by atoms with E-state index >= 15 is 0 Å². The Balaban J connectivity index is 4.23. The van der Waals surface area contributed by atoms with E-state index in [4.69, 9.17) is 9.84 Å². The minimum Gasteiger partial charge on any atom is -0.480 e. The number of carboxylic acid groups (broad SMARTS) is 1. The molecule has 0 unspecified atom stereocenters. The largest absolute Gasteiger partial charge is 0.480 e. The van der Waals surface area contributed by atoms with Crippen LogP contribution in [0, 0.1) is 0 Å². The maximum Gasteiger partial charge on any atom is 0.323 e. The number of aliphatic carboxylic acids is 1. The number of nitrogens with zero attached hydrogens (tertiary/aromatic N) is 1. The number of hydrogen-bond donors (Lipinski definition) is 2. The Labute approximate surface area is 106 Å². The molecule has 0 aromatic heterocycles. The number of sulfone groups is 1. The second-order valence-corrected chi connectivity index (χ2v) is 5.93. The number of carbonyl (C=O) groups excluding carboxylic acids is 1. The van der Waals surface area contributed by atoms with Gasteiger partial charge in [0.15, 0.2) is 0 Å². The number of carboxylic acids is 1. The summed E-state index contributed by atoms with van der Waals surface area (Å²) in [6, 6.07) is -0.627. The van der Waals surface area contributed by atoms with Gasteiger partial charge in [-0.25, -0.2) is 13.2 Å². The third-order valence-electron chi connectivity index (χ3n) is 1.93. The number of urea groups is 1. The van der Waals surface area contributed by atoms with Crippen molar-refractivity contribution in [2.45, 2.75) is 0 Å². The summed E-state index contributed by atoms with van der Waals surface area (Å²) in [5.74, 6) is -1.34. The Kier molecular flexibility index (Phi) is 7.29. The Hall–Kier alpha value is -1.35. The first-order valence-corrected chi connectivity index (χ1v) is 7.23. The van der Waals surface area contributed by atoms with Gasteiger partial charge < -0.3 is 20.1 Å². The second-order valence-electron chi connectivity index (χ2n) is 3.67. The molecular formula is C9H18N2O6S. The predicted molar refractivity (Wildman–Crippen MR) is 64.2 cm³/mol. The first kappa shape index (κ1) is 16.6. The molecular weight excluding hydrogens is 264 g/mol. The predicted octanol–water partition coefficient (Wildman–Crippen LogP) is -1.23. The summed E-state index contributed by atoms with van der Waals surface area (Å²) in [7, 11) is -1.73. The van der Waals surface area contributed by atoms with Gasteiger partial charge in [0.05, 0.1) is 12.4 Å². The highest BCUT2D eigenvalue weighted by molar-refractivity contribution is 7.90. The van der Waals surface area contributed by atoms with Gasteiger partial charge in [0.25, 0.3) is 0 Å². The molecule has 0 spiro atoms. The first-order chi connectivity index (χ1) is 8.26. The van der Waals surface area contributed by atoms with Crippen LogP contribution < -0.4 is 5.32 Å². The van der Waals surface area contributed by atoms with E-state index in [0.29, 0.717) is 0 Å². The van der Waals surface area contributed by atoms with Gasteiger partial charge in [-0.15, -0.1) is 0 Å². The molecule has 18 heavy (non-hydrogen) atoms. The normalized spacial score (nSPS) is 11.0. The Morgan fingerprint density at radius 2 is 2.00 bits per heavy atom. The monoisotopic (exact) mass is 282 g/mol. The molecule has 8 nitrogen and oxygen atoms in total. The van der Waals surface area contributed by atoms with Crippen LogP contribution >= 0.6 is 0 Å². The second kappa shape index (κ2) is 7.88. The number of methoxy groups -OCH3 is 1. The van der Waals surface area contributed by atoms with E-state index in [1.807, 2.05) is 0 Å². The molecule has 0 aromatic rings. The van der Waals surface area contributed by atoms with Crippen LogP contribution in [0.25, 0.3) is 0 Å². The maximum atomic E-state index is 11.6. The van der Waals surface area contributed by atoms with Crippen molar-refractivity contribution < 1.29 is 27.9 Å². The van der Waals surface area contributed by atoms with Crippen molar-refractivity contribution in [3.05, 3.63) is 0 Å². The lowest BCUT2D eigenvalue weighted by atomic mass is 10.5. The van der Waals surface area contributed by atoms with Crippen molar-refractivity contribution in [3.8, 4) is 0 Å². The van der Waals surface area contributed by atoms with Crippen molar-refractivity contribution in [1.29, 1.82) is 0 Å². The standard InChI is InChI=1S/C9H18N2O6S/c1-17-5-4-11(7-8(12)13)9(14)10-3-6-18(2,15)16/h3-7H2,1-2H3,(H,10,14)(H,12,13). The summed E-state index contributed by atoms with van der Waals surface area (Å²) in [6.07, 6.45) is 1.05. The molecule has 0 aliphatic rings. The van der Waals surface area contributed by atoms with Crippen LogP contribution in [0.4, 0.5) is 4.79 Å². The summed E-state index contributed by atoms with van der Waals surface area (Å²) < 4.78 is 26.5. The first-order valence-electron chi connectivity index (χ1n) is 5.17. The molecule has 0 fully saturated rings. The van der Waals surface area contributed by atoms with Gasteiger partial charge in [-0.05, 0) is 0 Å². The minimum absolute atomic E-state index is 0.0548. The van der Waals surface area contributed by atoms with Gasteiger partial charge in [0, 0.05) is 26.5 Å². The fourth-order valence-electron chi connectivity index (χ4n) is 1.07. The van der Waals surface area contributed by atoms with E-state index in [1.54, 1.807) is 0 Å². The lowest BCUT2D eigenvalue weighted by molar-refractivity contribution is -0.137. The summed E-state index contributed by atoms with van der Waals surface area (Å²) in [5, 5.41) is 11.0. The fourth-order valence-corrected chi connectivity index (χ4v) is 1.55. The number of hydrogen-bond acceptors (Lipinski definition) is 5. The van der Waals surface area contributed by atoms with E-state index < -0.39 is 28.4 Å². The zero-order valence-corrected chi connectivity index (χ0v) is 11.2. The number of nitrogens with one attached hydrogen (secondary N) is 1. The van der Waals surface area contributed by atoms with E-state index in [9.17, 15) is 18.0 Å². The molecule has 0 bridgehead atoms. The van der Waals surface area contributed by atoms with E-state index in [-0.39, 0.29) is 25.4 Å². The SMILES string of the molecule is COCCN(CC(=O)O)C(=O)NCCS(C)(=O)=O. The molecule has 0 radical (unpaired) electrons. The number of carbonyl (C=O) groups is 2. The summed E-state index contributed by atoms with van der Waals surface area (Å²) in [5.41, 5.74) is 0. The number of ether oxygens (including phenoxy) is 1. The van der Waals surface area contributed by atoms with Gasteiger partial charge in [-0.2, -0.15) is 0 Å². The zero-order chi connectivity index (χ0) is 14.2. The topological polar surface area (TPSA) is 113 Å². The van der Waals surface area contributed by atoms with E-state index in [2.05, 4.69) is 5.32 Å². The van der Waals surface area contributed by atoms with Crippen LogP contribution in [0.2, 0.25) is 0 Å². The fraction of sp³-hybridized carbons (Fsp3) is 0.778. The average molecular weight is 282 g/mol. The molecule has 0 heterocycles. The Bertz CT molecular complexity index is 381. The number of rotatable bonds is 8. The molecule has 9 heteroatoms. The maximum absolute atomic E-state index is 11.6. The van der Waals surface area contributed by atoms with Crippen LogP contribution in [0.1, 0.15) is 0 Å². The molecule has 2 N–H and O–H groups in total. The van der Waals surface area contributed by atoms with E-state index in [1.165, 1.54) is 7.11 Å². The lowest BCUT2D eigenvalue weighted by Crippen LogP contribution is -2.45. The third-order valence-corrected chi connectivity index (χ3v) is 2.87. The van der Waals surface area contributed by atoms with Crippen LogP contribution in [0.3, 0.4) is 0 Å². The number of amides is 2. The molecule has 0 aliphatic carbocycles. The molecule has 0 aromatic carbocycles. The minimum atomic E-state index is -3.16. The average Bonchev–Trinajstić information content (AvgIpc) is 2.21. The van der Waals surface area contributed by atoms with Crippen molar-refractivity contribution >= 4 is 21.8 Å². The highest BCUT2D eigenvalue weighted by atomic mass is 32.2. The van der Waals surface area contributed by atoms with Crippen molar-refractivity contribution in [1.82, 2.24) is 10.2 Å². The highest BCUT2D eigenvalue weighted by Gasteiger charge is 2.16. The lowest BCUT2D eigenvalue weighted by Gasteiger charge is -2.20. The molecule has 0 saturated heterocycles. The smallest absolute Gasteiger partial charge is 0.323 e. The van der Waals surface area contributed by atoms with Crippen LogP contribution in [-0.2, 0) is 19.4 Å². The summed E-state index contributed by atoms with van der Waals surface area (Å²) >= 11 is 0. The molecule has 106 valence electrons. The molecule has 0 aliphatic heterocycles. The van der Waals surface area contributed by atoms with Crippen molar-refractivity contribution in [2.75, 3.05) is 45.4 Å².